The molecule has 6 nitrogen and oxygen atoms in total. The van der Waals surface area contributed by atoms with Crippen LogP contribution in [0.4, 0.5) is 0 Å². The molecule has 0 aliphatic carbocycles. The first kappa shape index (κ1) is 15.6. The second-order valence-corrected chi connectivity index (χ2v) is 5.09. The third-order valence-electron chi connectivity index (χ3n) is 3.50. The Morgan fingerprint density at radius 1 is 1.17 bits per heavy atom. The molecule has 0 unspecified atom stereocenters. The molecule has 24 heavy (non-hydrogen) atoms. The molecule has 0 amide bonds. The zero-order valence-corrected chi connectivity index (χ0v) is 13.3. The lowest BCUT2D eigenvalue weighted by Crippen LogP contribution is -1.98. The van der Waals surface area contributed by atoms with Gasteiger partial charge in [0.2, 0.25) is 5.82 Å². The van der Waals surface area contributed by atoms with Gasteiger partial charge in [0, 0.05) is 11.6 Å². The maximum atomic E-state index is 8.91. The highest BCUT2D eigenvalue weighted by molar-refractivity contribution is 5.58. The SMILES string of the molecule is COc1cc(C#N)ccc1OCc1nc(-c2ccccc2C)no1. The zero-order chi connectivity index (χ0) is 16.9. The average Bonchev–Trinajstić information content (AvgIpc) is 3.09. The summed E-state index contributed by atoms with van der Waals surface area (Å²) < 4.78 is 16.1. The molecule has 0 saturated carbocycles. The van der Waals surface area contributed by atoms with Crippen molar-refractivity contribution in [1.82, 2.24) is 10.1 Å². The highest BCUT2D eigenvalue weighted by atomic mass is 16.5. The number of hydrogen-bond donors (Lipinski definition) is 0. The lowest BCUT2D eigenvalue weighted by atomic mass is 10.1. The predicted molar refractivity (Wildman–Crippen MR) is 86.5 cm³/mol. The van der Waals surface area contributed by atoms with E-state index >= 15 is 0 Å². The molecule has 120 valence electrons. The summed E-state index contributed by atoms with van der Waals surface area (Å²) in [5.74, 6) is 1.87. The van der Waals surface area contributed by atoms with Crippen molar-refractivity contribution in [3.8, 4) is 29.0 Å². The topological polar surface area (TPSA) is 81.2 Å². The van der Waals surface area contributed by atoms with Crippen molar-refractivity contribution in [3.05, 3.63) is 59.5 Å². The van der Waals surface area contributed by atoms with Gasteiger partial charge in [-0.05, 0) is 24.6 Å². The highest BCUT2D eigenvalue weighted by Crippen LogP contribution is 2.28. The summed E-state index contributed by atoms with van der Waals surface area (Å²) in [5.41, 5.74) is 2.49. The minimum Gasteiger partial charge on any atom is -0.493 e. The van der Waals surface area contributed by atoms with E-state index in [9.17, 15) is 0 Å². The first-order valence-electron chi connectivity index (χ1n) is 7.31. The van der Waals surface area contributed by atoms with Gasteiger partial charge in [-0.1, -0.05) is 29.4 Å². The smallest absolute Gasteiger partial charge is 0.264 e. The number of methoxy groups -OCH3 is 1. The molecule has 2 aromatic carbocycles. The maximum Gasteiger partial charge on any atom is 0.264 e. The van der Waals surface area contributed by atoms with E-state index in [1.165, 1.54) is 7.11 Å². The van der Waals surface area contributed by atoms with Crippen LogP contribution in [0.15, 0.2) is 47.0 Å². The largest absolute Gasteiger partial charge is 0.493 e. The number of ether oxygens (including phenoxy) is 2. The molecule has 0 fully saturated rings. The maximum absolute atomic E-state index is 8.91. The van der Waals surface area contributed by atoms with Crippen LogP contribution in [0.2, 0.25) is 0 Å². The molecule has 3 rings (SSSR count). The van der Waals surface area contributed by atoms with E-state index in [1.807, 2.05) is 31.2 Å². The molecular formula is C18H15N3O3. The first-order valence-corrected chi connectivity index (χ1v) is 7.31. The quantitative estimate of drug-likeness (QED) is 0.715. The molecular weight excluding hydrogens is 306 g/mol. The molecule has 0 aliphatic rings. The molecule has 0 radical (unpaired) electrons. The van der Waals surface area contributed by atoms with Gasteiger partial charge in [0.1, 0.15) is 0 Å². The molecule has 1 aromatic heterocycles. The minimum absolute atomic E-state index is 0.112. The molecule has 6 heteroatoms. The van der Waals surface area contributed by atoms with E-state index in [1.54, 1.807) is 18.2 Å². The molecule has 3 aromatic rings. The zero-order valence-electron chi connectivity index (χ0n) is 13.3. The lowest BCUT2D eigenvalue weighted by Gasteiger charge is -2.08. The van der Waals surface area contributed by atoms with E-state index in [0.717, 1.165) is 11.1 Å². The standard InChI is InChI=1S/C18H15N3O3/c1-12-5-3-4-6-14(12)18-20-17(24-21-18)11-23-15-8-7-13(10-19)9-16(15)22-2/h3-9H,11H2,1-2H3. The van der Waals surface area contributed by atoms with Crippen molar-refractivity contribution < 1.29 is 14.0 Å². The molecule has 0 saturated heterocycles. The first-order chi connectivity index (χ1) is 11.7. The third-order valence-corrected chi connectivity index (χ3v) is 3.50. The Kier molecular flexibility index (Phi) is 4.43. The van der Waals surface area contributed by atoms with Gasteiger partial charge in [0.15, 0.2) is 18.1 Å². The molecule has 0 bridgehead atoms. The number of aryl methyl sites for hydroxylation is 1. The number of hydrogen-bond acceptors (Lipinski definition) is 6. The number of nitrogens with zero attached hydrogens (tertiary/aromatic N) is 3. The Morgan fingerprint density at radius 2 is 2.00 bits per heavy atom. The molecule has 0 aliphatic heterocycles. The van der Waals surface area contributed by atoms with Gasteiger partial charge >= 0.3 is 0 Å². The second kappa shape index (κ2) is 6.84. The van der Waals surface area contributed by atoms with E-state index in [4.69, 9.17) is 19.3 Å². The number of nitriles is 1. The van der Waals surface area contributed by atoms with Crippen LogP contribution in [-0.4, -0.2) is 17.3 Å². The van der Waals surface area contributed by atoms with Crippen LogP contribution in [0, 0.1) is 18.3 Å². The van der Waals surface area contributed by atoms with Crippen LogP contribution >= 0.6 is 0 Å². The normalized spacial score (nSPS) is 10.2. The Hall–Kier alpha value is -3.33. The summed E-state index contributed by atoms with van der Waals surface area (Å²) in [4.78, 5) is 4.35. The summed E-state index contributed by atoms with van der Waals surface area (Å²) in [6.45, 7) is 2.10. The van der Waals surface area contributed by atoms with E-state index in [-0.39, 0.29) is 6.61 Å². The van der Waals surface area contributed by atoms with Crippen molar-refractivity contribution in [1.29, 1.82) is 5.26 Å². The molecule has 0 atom stereocenters. The predicted octanol–water partition coefficient (Wildman–Crippen LogP) is 3.50. The van der Waals surface area contributed by atoms with Crippen molar-refractivity contribution in [2.45, 2.75) is 13.5 Å². The van der Waals surface area contributed by atoms with Crippen molar-refractivity contribution in [2.75, 3.05) is 7.11 Å². The van der Waals surface area contributed by atoms with Crippen LogP contribution in [0.1, 0.15) is 17.0 Å². The van der Waals surface area contributed by atoms with Crippen molar-refractivity contribution in [3.63, 3.8) is 0 Å². The number of rotatable bonds is 5. The van der Waals surface area contributed by atoms with Crippen LogP contribution in [0.25, 0.3) is 11.4 Å². The van der Waals surface area contributed by atoms with Crippen molar-refractivity contribution in [2.24, 2.45) is 0 Å². The summed E-state index contributed by atoms with van der Waals surface area (Å²) in [7, 11) is 1.52. The minimum atomic E-state index is 0.112. The summed E-state index contributed by atoms with van der Waals surface area (Å²) in [6.07, 6.45) is 0. The Bertz CT molecular complexity index is 897. The fourth-order valence-electron chi connectivity index (χ4n) is 2.24. The van der Waals surface area contributed by atoms with Gasteiger partial charge in [0.25, 0.3) is 5.89 Å². The Balaban J connectivity index is 1.75. The van der Waals surface area contributed by atoms with Gasteiger partial charge in [0.05, 0.1) is 18.7 Å². The van der Waals surface area contributed by atoms with Gasteiger partial charge in [-0.2, -0.15) is 10.2 Å². The summed E-state index contributed by atoms with van der Waals surface area (Å²) >= 11 is 0. The van der Waals surface area contributed by atoms with E-state index in [0.29, 0.717) is 28.8 Å². The number of benzene rings is 2. The van der Waals surface area contributed by atoms with Crippen LogP contribution in [0.5, 0.6) is 11.5 Å². The van der Waals surface area contributed by atoms with E-state index in [2.05, 4.69) is 16.2 Å². The summed E-state index contributed by atoms with van der Waals surface area (Å²) in [6, 6.07) is 14.8. The van der Waals surface area contributed by atoms with Crippen molar-refractivity contribution >= 4 is 0 Å². The van der Waals surface area contributed by atoms with Gasteiger partial charge in [-0.3, -0.25) is 0 Å². The highest BCUT2D eigenvalue weighted by Gasteiger charge is 2.12. The van der Waals surface area contributed by atoms with Crippen LogP contribution in [-0.2, 0) is 6.61 Å². The van der Waals surface area contributed by atoms with Gasteiger partial charge in [-0.15, -0.1) is 0 Å². The van der Waals surface area contributed by atoms with Crippen LogP contribution in [0.3, 0.4) is 0 Å². The molecule has 0 spiro atoms. The molecule has 0 N–H and O–H groups in total. The lowest BCUT2D eigenvalue weighted by molar-refractivity contribution is 0.233. The fourth-order valence-corrected chi connectivity index (χ4v) is 2.24. The fraction of sp³-hybridized carbons (Fsp3) is 0.167. The monoisotopic (exact) mass is 321 g/mol. The average molecular weight is 321 g/mol. The number of aromatic nitrogens is 2. The Labute approximate surface area is 139 Å². The summed E-state index contributed by atoms with van der Waals surface area (Å²) in [5, 5.41) is 12.9. The van der Waals surface area contributed by atoms with Gasteiger partial charge in [-0.25, -0.2) is 0 Å². The van der Waals surface area contributed by atoms with Gasteiger partial charge < -0.3 is 14.0 Å². The molecule has 1 heterocycles. The second-order valence-electron chi connectivity index (χ2n) is 5.09. The van der Waals surface area contributed by atoms with E-state index < -0.39 is 0 Å². The third kappa shape index (κ3) is 3.20. The Morgan fingerprint density at radius 3 is 2.75 bits per heavy atom. The van der Waals surface area contributed by atoms with Crippen LogP contribution < -0.4 is 9.47 Å².